The Morgan fingerprint density at radius 2 is 1.71 bits per heavy atom. The van der Waals surface area contributed by atoms with Gasteiger partial charge in [0.2, 0.25) is 0 Å². The van der Waals surface area contributed by atoms with E-state index in [9.17, 15) is 4.79 Å². The normalized spacial score (nSPS) is 17.3. The lowest BCUT2D eigenvalue weighted by atomic mass is 9.72. The fourth-order valence-corrected chi connectivity index (χ4v) is 4.37. The van der Waals surface area contributed by atoms with Crippen LogP contribution in [0.15, 0.2) is 36.4 Å². The summed E-state index contributed by atoms with van der Waals surface area (Å²) >= 11 is 6.63. The molecule has 1 atom stereocenters. The number of rotatable bonds is 8. The molecule has 3 rings (SSSR count). The molecule has 0 spiro atoms. The second-order valence-corrected chi connectivity index (χ2v) is 11.9. The summed E-state index contributed by atoms with van der Waals surface area (Å²) in [6, 6.07) is 10.3. The van der Waals surface area contributed by atoms with Crippen molar-refractivity contribution in [3.63, 3.8) is 0 Å². The van der Waals surface area contributed by atoms with E-state index in [-0.39, 0.29) is 23.9 Å². The van der Waals surface area contributed by atoms with Crippen LogP contribution in [0.4, 0.5) is 9.18 Å². The lowest BCUT2D eigenvalue weighted by molar-refractivity contribution is 0.00578. The van der Waals surface area contributed by atoms with Gasteiger partial charge in [0, 0.05) is 43.7 Å². The van der Waals surface area contributed by atoms with Crippen molar-refractivity contribution in [1.29, 1.82) is 0 Å². The predicted octanol–water partition coefficient (Wildman–Crippen LogP) is 6.17. The first-order chi connectivity index (χ1) is 17.6. The first-order valence-electron chi connectivity index (χ1n) is 12.6. The van der Waals surface area contributed by atoms with Crippen molar-refractivity contribution < 1.29 is 32.7 Å². The van der Waals surface area contributed by atoms with Crippen LogP contribution in [-0.2, 0) is 18.8 Å². The Kier molecular flexibility index (Phi) is 9.08. The van der Waals surface area contributed by atoms with Gasteiger partial charge in [0.25, 0.3) is 0 Å². The molecule has 0 aromatic heterocycles. The van der Waals surface area contributed by atoms with E-state index in [1.807, 2.05) is 45.9 Å². The number of methoxy groups -OCH3 is 1. The number of benzene rings is 2. The van der Waals surface area contributed by atoms with Crippen molar-refractivity contribution in [3.05, 3.63) is 52.8 Å². The zero-order valence-corrected chi connectivity index (χ0v) is 24.4. The highest BCUT2D eigenvalue weighted by Crippen LogP contribution is 2.41. The molecule has 1 saturated heterocycles. The zero-order chi connectivity index (χ0) is 28.5. The highest BCUT2D eigenvalue weighted by molar-refractivity contribution is 6.66. The van der Waals surface area contributed by atoms with Gasteiger partial charge >= 0.3 is 13.2 Å². The van der Waals surface area contributed by atoms with Crippen LogP contribution in [-0.4, -0.2) is 62.2 Å². The fourth-order valence-electron chi connectivity index (χ4n) is 4.12. The van der Waals surface area contributed by atoms with Crippen LogP contribution in [0.2, 0.25) is 5.02 Å². The van der Waals surface area contributed by atoms with Crippen LogP contribution in [0.3, 0.4) is 0 Å². The summed E-state index contributed by atoms with van der Waals surface area (Å²) in [5.74, 6) is -0.444. The maximum Gasteiger partial charge on any atom is 0.496 e. The molecule has 0 radical (unpaired) electrons. The third kappa shape index (κ3) is 6.81. The summed E-state index contributed by atoms with van der Waals surface area (Å²) in [5, 5.41) is -0.139. The van der Waals surface area contributed by atoms with Crippen molar-refractivity contribution in [2.45, 2.75) is 71.2 Å². The summed E-state index contributed by atoms with van der Waals surface area (Å²) in [5.41, 5.74) is -1.24. The largest absolute Gasteiger partial charge is 0.496 e. The summed E-state index contributed by atoms with van der Waals surface area (Å²) in [6.07, 6.45) is -0.505. The second-order valence-electron chi connectivity index (χ2n) is 11.5. The van der Waals surface area contributed by atoms with E-state index in [2.05, 4.69) is 0 Å². The molecule has 38 heavy (non-hydrogen) atoms. The van der Waals surface area contributed by atoms with Gasteiger partial charge in [-0.15, -0.1) is 0 Å². The number of carbonyl (C=O) groups excluding carboxylic acids is 1. The van der Waals surface area contributed by atoms with Gasteiger partial charge in [0.05, 0.1) is 22.8 Å². The third-order valence-electron chi connectivity index (χ3n) is 6.70. The molecule has 2 aromatic carbocycles. The number of ether oxygens (including phenoxy) is 3. The molecule has 1 amide bonds. The minimum atomic E-state index is -0.984. The van der Waals surface area contributed by atoms with Crippen LogP contribution >= 0.6 is 11.6 Å². The van der Waals surface area contributed by atoms with E-state index in [4.69, 9.17) is 35.1 Å². The average molecular weight is 550 g/mol. The van der Waals surface area contributed by atoms with Gasteiger partial charge in [-0.2, -0.15) is 0 Å². The van der Waals surface area contributed by atoms with Gasteiger partial charge in [-0.25, -0.2) is 9.18 Å². The number of para-hydroxylation sites is 1. The number of hydrogen-bond acceptors (Lipinski definition) is 6. The Morgan fingerprint density at radius 1 is 1.13 bits per heavy atom. The topological polar surface area (TPSA) is 66.5 Å². The first kappa shape index (κ1) is 30.2. The summed E-state index contributed by atoms with van der Waals surface area (Å²) in [4.78, 5) is 14.3. The minimum Gasteiger partial charge on any atom is -0.457 e. The predicted molar refractivity (Wildman–Crippen MR) is 147 cm³/mol. The van der Waals surface area contributed by atoms with Crippen LogP contribution in [0, 0.1) is 5.82 Å². The number of likely N-dealkylation sites (N-methyl/N-ethyl adjacent to an activating group) is 1. The fraction of sp³-hybridized carbons (Fsp3) is 0.536. The van der Waals surface area contributed by atoms with Gasteiger partial charge in [-0.3, -0.25) is 0 Å². The molecule has 1 aliphatic heterocycles. The quantitative estimate of drug-likeness (QED) is 0.367. The third-order valence-corrected chi connectivity index (χ3v) is 7.08. The van der Waals surface area contributed by atoms with Gasteiger partial charge in [-0.1, -0.05) is 29.8 Å². The number of halogens is 2. The monoisotopic (exact) mass is 549 g/mol. The average Bonchev–Trinajstić information content (AvgIpc) is 3.01. The molecule has 0 bridgehead atoms. The minimum absolute atomic E-state index is 0.139. The van der Waals surface area contributed by atoms with E-state index >= 15 is 4.39 Å². The molecule has 208 valence electrons. The Balaban J connectivity index is 2.17. The molecule has 0 N–H and O–H groups in total. The van der Waals surface area contributed by atoms with Crippen LogP contribution in [0.25, 0.3) is 0 Å². The second kappa shape index (κ2) is 11.4. The van der Waals surface area contributed by atoms with E-state index in [0.717, 1.165) is 0 Å². The number of amides is 1. The van der Waals surface area contributed by atoms with Crippen LogP contribution in [0.1, 0.15) is 59.9 Å². The summed E-state index contributed by atoms with van der Waals surface area (Å²) in [6.45, 7) is 13.4. The van der Waals surface area contributed by atoms with E-state index in [0.29, 0.717) is 16.8 Å². The number of carbonyl (C=O) groups is 1. The Labute approximate surface area is 230 Å². The molecular weight excluding hydrogens is 512 g/mol. The van der Waals surface area contributed by atoms with Gasteiger partial charge in [0.15, 0.2) is 0 Å². The summed E-state index contributed by atoms with van der Waals surface area (Å²) in [7, 11) is 2.20. The van der Waals surface area contributed by atoms with E-state index in [1.165, 1.54) is 11.0 Å². The van der Waals surface area contributed by atoms with Crippen molar-refractivity contribution in [3.8, 4) is 11.5 Å². The molecule has 1 aliphatic rings. The molecule has 2 aromatic rings. The molecule has 0 saturated carbocycles. The van der Waals surface area contributed by atoms with Crippen molar-refractivity contribution >= 4 is 30.3 Å². The zero-order valence-electron chi connectivity index (χ0n) is 23.7. The van der Waals surface area contributed by atoms with Crippen LogP contribution in [0.5, 0.6) is 11.5 Å². The van der Waals surface area contributed by atoms with E-state index < -0.39 is 41.7 Å². The van der Waals surface area contributed by atoms with Crippen molar-refractivity contribution in [2.24, 2.45) is 0 Å². The lowest BCUT2D eigenvalue weighted by Crippen LogP contribution is -2.42. The standard InChI is InChI=1S/C28H38BClFNO6/c1-26(2,3)36-25(33)32(8)16-18(17-34-9)22-21(35-19-13-11-10-12-14-19)15-20(31)24(30)23(22)29-37-27(4,5)28(6,7)38-29/h10-15,18H,16-17H2,1-9H3/t18-/m0/s1. The van der Waals surface area contributed by atoms with Gasteiger partial charge < -0.3 is 28.4 Å². The molecule has 0 unspecified atom stereocenters. The van der Waals surface area contributed by atoms with Gasteiger partial charge in [0.1, 0.15) is 22.9 Å². The highest BCUT2D eigenvalue weighted by Gasteiger charge is 2.53. The summed E-state index contributed by atoms with van der Waals surface area (Å²) < 4.78 is 45.3. The Hall–Kier alpha value is -2.33. The Bertz CT molecular complexity index is 1120. The lowest BCUT2D eigenvalue weighted by Gasteiger charge is -2.32. The molecule has 1 heterocycles. The highest BCUT2D eigenvalue weighted by atomic mass is 35.5. The molecule has 0 aliphatic carbocycles. The molecular formula is C28H38BClFNO6. The van der Waals surface area contributed by atoms with Crippen molar-refractivity contribution in [1.82, 2.24) is 4.90 Å². The number of nitrogens with zero attached hydrogens (tertiary/aromatic N) is 1. The maximum atomic E-state index is 15.3. The molecule has 7 nitrogen and oxygen atoms in total. The molecule has 10 heteroatoms. The van der Waals surface area contributed by atoms with Crippen LogP contribution < -0.4 is 10.2 Å². The van der Waals surface area contributed by atoms with Gasteiger partial charge in [-0.05, 0) is 60.6 Å². The SMILES string of the molecule is COC[C@H](CN(C)C(=O)OC(C)(C)C)c1c(Oc2ccccc2)cc(F)c(Cl)c1B1OC(C)(C)C(C)(C)O1. The molecule has 1 fully saturated rings. The Morgan fingerprint density at radius 3 is 2.24 bits per heavy atom. The smallest absolute Gasteiger partial charge is 0.457 e. The first-order valence-corrected chi connectivity index (χ1v) is 13.0. The maximum absolute atomic E-state index is 15.3. The van der Waals surface area contributed by atoms with Crippen molar-refractivity contribution in [2.75, 3.05) is 27.3 Å². The van der Waals surface area contributed by atoms with E-state index in [1.54, 1.807) is 47.1 Å². The number of hydrogen-bond donors (Lipinski definition) is 0.